The number of nitrogens with one attached hydrogen (secondary N) is 1. The second-order valence-corrected chi connectivity index (χ2v) is 5.12. The zero-order chi connectivity index (χ0) is 13.9. The summed E-state index contributed by atoms with van der Waals surface area (Å²) in [5.74, 6) is 0.631. The molecule has 2 heterocycles. The van der Waals surface area contributed by atoms with Gasteiger partial charge in [0.05, 0.1) is 7.11 Å². The van der Waals surface area contributed by atoms with Gasteiger partial charge in [0, 0.05) is 24.3 Å². The van der Waals surface area contributed by atoms with Crippen molar-refractivity contribution >= 4 is 22.2 Å². The van der Waals surface area contributed by atoms with Crippen LogP contribution in [0.3, 0.4) is 0 Å². The lowest BCUT2D eigenvalue weighted by molar-refractivity contribution is 0.0946. The van der Waals surface area contributed by atoms with E-state index in [-0.39, 0.29) is 5.91 Å². The average molecular weight is 287 g/mol. The summed E-state index contributed by atoms with van der Waals surface area (Å²) in [4.78, 5) is 17.1. The molecule has 1 aromatic carbocycles. The van der Waals surface area contributed by atoms with Crippen molar-refractivity contribution < 1.29 is 9.53 Å². The Morgan fingerprint density at radius 3 is 2.90 bits per heavy atom. The summed E-state index contributed by atoms with van der Waals surface area (Å²) in [7, 11) is 1.63. The molecule has 0 saturated heterocycles. The third-order valence-electron chi connectivity index (χ3n) is 2.94. The van der Waals surface area contributed by atoms with E-state index >= 15 is 0 Å². The smallest absolute Gasteiger partial charge is 0.271 e. The Morgan fingerprint density at radius 1 is 1.40 bits per heavy atom. The summed E-state index contributed by atoms with van der Waals surface area (Å²) in [6, 6.07) is 7.58. The average Bonchev–Trinajstić information content (AvgIpc) is 3.06. The topological polar surface area (TPSA) is 55.6 Å². The Bertz CT molecular complexity index is 702. The first-order chi connectivity index (χ1) is 9.76. The number of rotatable bonds is 4. The van der Waals surface area contributed by atoms with Crippen molar-refractivity contribution in [2.45, 2.75) is 6.54 Å². The van der Waals surface area contributed by atoms with Crippen LogP contribution in [-0.4, -0.2) is 22.4 Å². The fraction of sp³-hybridized carbons (Fsp3) is 0.143. The Balaban J connectivity index is 1.65. The molecule has 0 atom stereocenters. The molecular weight excluding hydrogens is 274 g/mol. The van der Waals surface area contributed by atoms with Crippen molar-refractivity contribution in [1.82, 2.24) is 14.7 Å². The predicted molar refractivity (Wildman–Crippen MR) is 77.2 cm³/mol. The second kappa shape index (κ2) is 5.34. The number of benzene rings is 1. The van der Waals surface area contributed by atoms with Crippen molar-refractivity contribution in [2.24, 2.45) is 0 Å². The van der Waals surface area contributed by atoms with Gasteiger partial charge in [-0.25, -0.2) is 4.98 Å². The number of fused-ring (bicyclic) bond motifs is 1. The maximum Gasteiger partial charge on any atom is 0.271 e. The molecule has 0 aliphatic rings. The minimum Gasteiger partial charge on any atom is -0.497 e. The summed E-state index contributed by atoms with van der Waals surface area (Å²) in [6.45, 7) is 0.466. The molecule has 0 aliphatic heterocycles. The van der Waals surface area contributed by atoms with E-state index in [1.54, 1.807) is 13.3 Å². The lowest BCUT2D eigenvalue weighted by atomic mass is 10.2. The number of methoxy groups -OCH3 is 1. The van der Waals surface area contributed by atoms with Crippen LogP contribution in [-0.2, 0) is 6.54 Å². The number of carbonyl (C=O) groups excluding carboxylic acids is 1. The molecule has 0 spiro atoms. The number of hydrogen-bond acceptors (Lipinski definition) is 4. The van der Waals surface area contributed by atoms with Crippen molar-refractivity contribution in [2.75, 3.05) is 7.11 Å². The van der Waals surface area contributed by atoms with Crippen LogP contribution in [0.15, 0.2) is 42.0 Å². The van der Waals surface area contributed by atoms with Crippen LogP contribution in [0, 0.1) is 0 Å². The van der Waals surface area contributed by atoms with Crippen LogP contribution >= 0.6 is 11.3 Å². The second-order valence-electron chi connectivity index (χ2n) is 4.25. The van der Waals surface area contributed by atoms with E-state index in [2.05, 4.69) is 10.3 Å². The van der Waals surface area contributed by atoms with Crippen molar-refractivity contribution in [3.63, 3.8) is 0 Å². The number of hydrogen-bond donors (Lipinski definition) is 1. The van der Waals surface area contributed by atoms with Crippen LogP contribution in [0.5, 0.6) is 5.75 Å². The highest BCUT2D eigenvalue weighted by molar-refractivity contribution is 7.15. The molecule has 0 unspecified atom stereocenters. The third kappa shape index (κ3) is 2.50. The van der Waals surface area contributed by atoms with Crippen LogP contribution in [0.4, 0.5) is 0 Å². The molecule has 3 rings (SSSR count). The van der Waals surface area contributed by atoms with Gasteiger partial charge in [-0.15, -0.1) is 11.3 Å². The molecule has 102 valence electrons. The molecule has 0 radical (unpaired) electrons. The normalized spacial score (nSPS) is 10.7. The number of ether oxygens (including phenoxy) is 1. The quantitative estimate of drug-likeness (QED) is 0.801. The minimum atomic E-state index is -0.170. The molecule has 0 aliphatic carbocycles. The Morgan fingerprint density at radius 2 is 2.20 bits per heavy atom. The van der Waals surface area contributed by atoms with Gasteiger partial charge in [-0.05, 0) is 17.7 Å². The van der Waals surface area contributed by atoms with Gasteiger partial charge >= 0.3 is 0 Å². The maximum atomic E-state index is 12.0. The van der Waals surface area contributed by atoms with Gasteiger partial charge < -0.3 is 10.1 Å². The summed E-state index contributed by atoms with van der Waals surface area (Å²) >= 11 is 1.50. The first-order valence-electron chi connectivity index (χ1n) is 6.09. The molecule has 20 heavy (non-hydrogen) atoms. The van der Waals surface area contributed by atoms with Gasteiger partial charge in [0.25, 0.3) is 5.91 Å². The number of imidazole rings is 1. The Kier molecular flexibility index (Phi) is 3.39. The molecule has 3 aromatic rings. The summed E-state index contributed by atoms with van der Waals surface area (Å²) < 4.78 is 6.93. The molecule has 1 amide bonds. The van der Waals surface area contributed by atoms with Crippen LogP contribution in [0.2, 0.25) is 0 Å². The lowest BCUT2D eigenvalue weighted by Crippen LogP contribution is -2.23. The molecule has 0 fully saturated rings. The first kappa shape index (κ1) is 12.7. The highest BCUT2D eigenvalue weighted by Gasteiger charge is 2.10. The predicted octanol–water partition coefficient (Wildman–Crippen LogP) is 2.33. The Labute approximate surface area is 119 Å². The van der Waals surface area contributed by atoms with Gasteiger partial charge in [0.2, 0.25) is 0 Å². The van der Waals surface area contributed by atoms with E-state index in [9.17, 15) is 4.79 Å². The summed E-state index contributed by atoms with van der Waals surface area (Å²) in [6.07, 6.45) is 3.61. The van der Waals surface area contributed by atoms with Crippen LogP contribution < -0.4 is 10.1 Å². The molecule has 2 aromatic heterocycles. The van der Waals surface area contributed by atoms with Gasteiger partial charge in [0.1, 0.15) is 11.4 Å². The maximum absolute atomic E-state index is 12.0. The van der Waals surface area contributed by atoms with Crippen LogP contribution in [0.25, 0.3) is 4.96 Å². The highest BCUT2D eigenvalue weighted by Crippen LogP contribution is 2.13. The summed E-state index contributed by atoms with van der Waals surface area (Å²) in [5.41, 5.74) is 1.45. The molecule has 0 bridgehead atoms. The highest BCUT2D eigenvalue weighted by atomic mass is 32.1. The minimum absolute atomic E-state index is 0.170. The first-order valence-corrected chi connectivity index (χ1v) is 6.97. The van der Waals surface area contributed by atoms with Crippen molar-refractivity contribution in [3.8, 4) is 5.75 Å². The van der Waals surface area contributed by atoms with Crippen LogP contribution in [0.1, 0.15) is 16.1 Å². The molecule has 6 heteroatoms. The lowest BCUT2D eigenvalue weighted by Gasteiger charge is -2.04. The largest absolute Gasteiger partial charge is 0.497 e. The van der Waals surface area contributed by atoms with Gasteiger partial charge in [-0.3, -0.25) is 9.20 Å². The molecule has 0 saturated carbocycles. The van der Waals surface area contributed by atoms with E-state index in [4.69, 9.17) is 4.74 Å². The molecule has 1 N–H and O–H groups in total. The molecule has 5 nitrogen and oxygen atoms in total. The number of nitrogens with zero attached hydrogens (tertiary/aromatic N) is 2. The fourth-order valence-electron chi connectivity index (χ4n) is 1.85. The zero-order valence-corrected chi connectivity index (χ0v) is 11.7. The number of amides is 1. The number of carbonyl (C=O) groups is 1. The van der Waals surface area contributed by atoms with Gasteiger partial charge in [0.15, 0.2) is 4.96 Å². The van der Waals surface area contributed by atoms with E-state index in [1.807, 2.05) is 40.2 Å². The zero-order valence-electron chi connectivity index (χ0n) is 10.9. The summed E-state index contributed by atoms with van der Waals surface area (Å²) in [5, 5.41) is 4.78. The van der Waals surface area contributed by atoms with E-state index in [0.29, 0.717) is 12.2 Å². The fourth-order valence-corrected chi connectivity index (χ4v) is 2.55. The van der Waals surface area contributed by atoms with E-state index in [0.717, 1.165) is 16.3 Å². The van der Waals surface area contributed by atoms with Crippen molar-refractivity contribution in [3.05, 3.63) is 53.3 Å². The van der Waals surface area contributed by atoms with Gasteiger partial charge in [-0.1, -0.05) is 12.1 Å². The number of aromatic nitrogens is 2. The molecular formula is C14H13N3O2S. The standard InChI is InChI=1S/C14H13N3O2S/c1-19-11-4-2-10(3-5-11)8-15-13(18)12-9-17-6-7-20-14(17)16-12/h2-7,9H,8H2,1H3,(H,15,18). The van der Waals surface area contributed by atoms with Crippen molar-refractivity contribution in [1.29, 1.82) is 0 Å². The third-order valence-corrected chi connectivity index (χ3v) is 3.71. The number of thiazole rings is 1. The van der Waals surface area contributed by atoms with E-state index in [1.165, 1.54) is 11.3 Å². The Hall–Kier alpha value is -2.34. The van der Waals surface area contributed by atoms with E-state index < -0.39 is 0 Å². The monoisotopic (exact) mass is 287 g/mol. The van der Waals surface area contributed by atoms with Gasteiger partial charge in [-0.2, -0.15) is 0 Å². The SMILES string of the molecule is COc1ccc(CNC(=O)c2cn3ccsc3n2)cc1.